The van der Waals surface area contributed by atoms with Crippen LogP contribution in [0.5, 0.6) is 0 Å². The predicted molar refractivity (Wildman–Crippen MR) is 99.2 cm³/mol. The molecule has 0 aromatic carbocycles. The van der Waals surface area contributed by atoms with Crippen molar-refractivity contribution in [1.82, 2.24) is 15.5 Å². The summed E-state index contributed by atoms with van der Waals surface area (Å²) in [6.07, 6.45) is 0. The second-order valence-corrected chi connectivity index (χ2v) is 8.62. The summed E-state index contributed by atoms with van der Waals surface area (Å²) < 4.78 is 0. The summed E-state index contributed by atoms with van der Waals surface area (Å²) >= 11 is 3.33. The van der Waals surface area contributed by atoms with Crippen LogP contribution in [0.4, 0.5) is 4.79 Å². The van der Waals surface area contributed by atoms with E-state index in [0.717, 1.165) is 0 Å². The molecular formula is C17H23N3O2S2. The minimum atomic E-state index is -0.459. The Kier molecular flexibility index (Phi) is 6.53. The molecule has 5 nitrogen and oxygen atoms in total. The molecule has 0 radical (unpaired) electrons. The molecule has 2 N–H and O–H groups in total. The van der Waals surface area contributed by atoms with Gasteiger partial charge in [0.1, 0.15) is 0 Å². The van der Waals surface area contributed by atoms with Gasteiger partial charge in [0.15, 0.2) is 0 Å². The van der Waals surface area contributed by atoms with Gasteiger partial charge in [-0.2, -0.15) is 0 Å². The monoisotopic (exact) mass is 365 g/mol. The van der Waals surface area contributed by atoms with Crippen molar-refractivity contribution in [3.8, 4) is 0 Å². The Balaban J connectivity index is 1.93. The van der Waals surface area contributed by atoms with E-state index >= 15 is 0 Å². The highest BCUT2D eigenvalue weighted by molar-refractivity contribution is 7.10. The van der Waals surface area contributed by atoms with E-state index in [9.17, 15) is 9.59 Å². The average Bonchev–Trinajstić information content (AvgIpc) is 3.09. The topological polar surface area (TPSA) is 61.4 Å². The molecule has 2 aromatic heterocycles. The van der Waals surface area contributed by atoms with Crippen molar-refractivity contribution < 1.29 is 9.59 Å². The van der Waals surface area contributed by atoms with Crippen LogP contribution in [0, 0.1) is 0 Å². The van der Waals surface area contributed by atoms with Crippen molar-refractivity contribution in [2.75, 3.05) is 6.54 Å². The second kappa shape index (κ2) is 8.41. The fourth-order valence-electron chi connectivity index (χ4n) is 2.15. The number of urea groups is 1. The number of amides is 3. The highest BCUT2D eigenvalue weighted by Gasteiger charge is 2.18. The minimum Gasteiger partial charge on any atom is -0.333 e. The summed E-state index contributed by atoms with van der Waals surface area (Å²) in [5, 5.41) is 9.18. The van der Waals surface area contributed by atoms with Crippen molar-refractivity contribution >= 4 is 34.6 Å². The summed E-state index contributed by atoms with van der Waals surface area (Å²) in [6, 6.07) is 7.65. The Labute approximate surface area is 150 Å². The third-order valence-corrected chi connectivity index (χ3v) is 4.75. The Morgan fingerprint density at radius 1 is 1.04 bits per heavy atom. The zero-order valence-electron chi connectivity index (χ0n) is 14.2. The van der Waals surface area contributed by atoms with Gasteiger partial charge in [0.05, 0.1) is 6.54 Å². The van der Waals surface area contributed by atoms with Crippen molar-refractivity contribution in [1.29, 1.82) is 0 Å². The maximum Gasteiger partial charge on any atom is 0.321 e. The number of thiophene rings is 2. The van der Waals surface area contributed by atoms with E-state index in [1.54, 1.807) is 22.7 Å². The van der Waals surface area contributed by atoms with E-state index in [0.29, 0.717) is 13.1 Å². The van der Waals surface area contributed by atoms with E-state index in [2.05, 4.69) is 22.8 Å². The molecule has 0 bridgehead atoms. The van der Waals surface area contributed by atoms with Gasteiger partial charge < -0.3 is 5.32 Å². The zero-order valence-corrected chi connectivity index (χ0v) is 15.8. The maximum absolute atomic E-state index is 12.2. The molecule has 2 aromatic rings. The van der Waals surface area contributed by atoms with Gasteiger partial charge in [-0.1, -0.05) is 12.1 Å². The van der Waals surface area contributed by atoms with Gasteiger partial charge in [0.2, 0.25) is 5.91 Å². The summed E-state index contributed by atoms with van der Waals surface area (Å²) in [5.41, 5.74) is -0.377. The van der Waals surface area contributed by atoms with Crippen molar-refractivity contribution in [2.24, 2.45) is 0 Å². The van der Waals surface area contributed by atoms with Crippen LogP contribution in [0.3, 0.4) is 0 Å². The van der Waals surface area contributed by atoms with Crippen LogP contribution in [0.2, 0.25) is 0 Å². The molecule has 24 heavy (non-hydrogen) atoms. The number of nitrogens with zero attached hydrogens (tertiary/aromatic N) is 1. The summed E-state index contributed by atoms with van der Waals surface area (Å²) in [6.45, 7) is 7.16. The van der Waals surface area contributed by atoms with Crippen LogP contribution in [0.15, 0.2) is 35.0 Å². The Bertz CT molecular complexity index is 610. The molecule has 0 fully saturated rings. The molecule has 2 rings (SSSR count). The van der Waals surface area contributed by atoms with Gasteiger partial charge in [-0.05, 0) is 43.7 Å². The molecule has 3 amide bonds. The quantitative estimate of drug-likeness (QED) is 0.824. The van der Waals surface area contributed by atoms with E-state index in [1.165, 1.54) is 9.75 Å². The highest BCUT2D eigenvalue weighted by atomic mass is 32.1. The SMILES string of the molecule is CC(C)(C)NC(=O)NC(=O)CN(Cc1cccs1)Cc1cccs1. The first kappa shape index (κ1) is 18.6. The van der Waals surface area contributed by atoms with Crippen LogP contribution >= 0.6 is 22.7 Å². The van der Waals surface area contributed by atoms with Gasteiger partial charge in [0.25, 0.3) is 0 Å². The number of hydrogen-bond donors (Lipinski definition) is 2. The maximum atomic E-state index is 12.2. The minimum absolute atomic E-state index is 0.174. The van der Waals surface area contributed by atoms with Crippen LogP contribution in [0.25, 0.3) is 0 Å². The fraction of sp³-hybridized carbons (Fsp3) is 0.412. The highest BCUT2D eigenvalue weighted by Crippen LogP contribution is 2.16. The number of imide groups is 1. The predicted octanol–water partition coefficient (Wildman–Crippen LogP) is 3.44. The molecule has 0 saturated carbocycles. The molecule has 0 atom stereocenters. The lowest BCUT2D eigenvalue weighted by atomic mass is 10.1. The van der Waals surface area contributed by atoms with E-state index in [-0.39, 0.29) is 18.0 Å². The largest absolute Gasteiger partial charge is 0.333 e. The molecule has 0 spiro atoms. The van der Waals surface area contributed by atoms with Gasteiger partial charge in [-0.15, -0.1) is 22.7 Å². The Morgan fingerprint density at radius 2 is 1.58 bits per heavy atom. The molecule has 2 heterocycles. The van der Waals surface area contributed by atoms with Crippen LogP contribution < -0.4 is 10.6 Å². The molecule has 0 aliphatic rings. The number of nitrogens with one attached hydrogen (secondary N) is 2. The van der Waals surface area contributed by atoms with Crippen LogP contribution in [0.1, 0.15) is 30.5 Å². The lowest BCUT2D eigenvalue weighted by molar-refractivity contribution is -0.121. The number of carbonyl (C=O) groups excluding carboxylic acids is 2. The summed E-state index contributed by atoms with van der Waals surface area (Å²) in [4.78, 5) is 28.5. The first-order valence-corrected chi connectivity index (χ1v) is 9.47. The Morgan fingerprint density at radius 3 is 2.00 bits per heavy atom. The third-order valence-electron chi connectivity index (χ3n) is 3.03. The van der Waals surface area contributed by atoms with Crippen molar-refractivity contribution in [2.45, 2.75) is 39.4 Å². The molecular weight excluding hydrogens is 342 g/mol. The molecule has 0 saturated heterocycles. The molecule has 0 aliphatic heterocycles. The molecule has 130 valence electrons. The van der Waals surface area contributed by atoms with Crippen LogP contribution in [-0.4, -0.2) is 28.9 Å². The second-order valence-electron chi connectivity index (χ2n) is 6.56. The number of rotatable bonds is 6. The Hall–Kier alpha value is -1.70. The van der Waals surface area contributed by atoms with Crippen molar-refractivity contribution in [3.05, 3.63) is 44.8 Å². The third kappa shape index (κ3) is 6.82. The smallest absolute Gasteiger partial charge is 0.321 e. The number of hydrogen-bond acceptors (Lipinski definition) is 5. The van der Waals surface area contributed by atoms with E-state index in [4.69, 9.17) is 0 Å². The normalized spacial score (nSPS) is 11.5. The summed E-state index contributed by atoms with van der Waals surface area (Å²) in [7, 11) is 0. The standard InChI is InChI=1S/C17H23N3O2S2/c1-17(2,3)19-16(22)18-15(21)12-20(10-13-6-4-8-23-13)11-14-7-5-9-24-14/h4-9H,10-12H2,1-3H3,(H2,18,19,21,22). The van der Waals surface area contributed by atoms with Crippen molar-refractivity contribution in [3.63, 3.8) is 0 Å². The van der Waals surface area contributed by atoms with Gasteiger partial charge in [0, 0.05) is 28.4 Å². The van der Waals surface area contributed by atoms with Gasteiger partial charge >= 0.3 is 6.03 Å². The lowest BCUT2D eigenvalue weighted by Gasteiger charge is -2.22. The lowest BCUT2D eigenvalue weighted by Crippen LogP contribution is -2.50. The molecule has 0 aliphatic carbocycles. The first-order valence-electron chi connectivity index (χ1n) is 7.71. The first-order chi connectivity index (χ1) is 11.3. The van der Waals surface area contributed by atoms with E-state index in [1.807, 2.05) is 48.6 Å². The van der Waals surface area contributed by atoms with Crippen LogP contribution in [-0.2, 0) is 17.9 Å². The number of carbonyl (C=O) groups is 2. The van der Waals surface area contributed by atoms with Gasteiger partial charge in [-0.25, -0.2) is 4.79 Å². The zero-order chi connectivity index (χ0) is 17.6. The van der Waals surface area contributed by atoms with E-state index < -0.39 is 6.03 Å². The average molecular weight is 366 g/mol. The molecule has 0 unspecified atom stereocenters. The molecule has 7 heteroatoms. The fourth-order valence-corrected chi connectivity index (χ4v) is 3.65. The summed E-state index contributed by atoms with van der Waals surface area (Å²) in [5.74, 6) is -0.301. The van der Waals surface area contributed by atoms with Gasteiger partial charge in [-0.3, -0.25) is 15.0 Å².